The van der Waals surface area contributed by atoms with E-state index in [0.717, 1.165) is 0 Å². The lowest BCUT2D eigenvalue weighted by Crippen LogP contribution is -1.72. The van der Waals surface area contributed by atoms with Gasteiger partial charge in [-0.05, 0) is 36.4 Å². The fraction of sp³-hybridized carbons (Fsp3) is 0. The van der Waals surface area contributed by atoms with Crippen LogP contribution in [0.25, 0.3) is 0 Å². The van der Waals surface area contributed by atoms with Crippen molar-refractivity contribution in [3.8, 4) is 17.2 Å². The summed E-state index contributed by atoms with van der Waals surface area (Å²) in [6, 6.07) is 9.18. The molecule has 0 heterocycles. The minimum atomic E-state index is -0.623. The van der Waals surface area contributed by atoms with Gasteiger partial charge in [-0.15, -0.1) is 5.11 Å². The van der Waals surface area contributed by atoms with E-state index in [1.54, 1.807) is 24.3 Å². The molecule has 0 radical (unpaired) electrons. The predicted molar refractivity (Wildman–Crippen MR) is 67.1 cm³/mol. The average molecular weight is 265 g/mol. The fourth-order valence-corrected chi connectivity index (χ4v) is 1.38. The summed E-state index contributed by atoms with van der Waals surface area (Å²) in [6.07, 6.45) is 0. The van der Waals surface area contributed by atoms with Crippen LogP contribution in [0, 0.1) is 0 Å². The number of hydrogen-bond donors (Lipinski definition) is 3. The molecular formula is C12H9ClN2O3. The number of phenolic OH excluding ortho intramolecular Hbond substituents is 3. The molecule has 2 rings (SSSR count). The number of nitrogens with zero attached hydrogens (tertiary/aromatic N) is 2. The van der Waals surface area contributed by atoms with Gasteiger partial charge in [-0.1, -0.05) is 11.6 Å². The molecule has 0 fully saturated rings. The van der Waals surface area contributed by atoms with Gasteiger partial charge in [-0.2, -0.15) is 5.11 Å². The summed E-state index contributed by atoms with van der Waals surface area (Å²) in [5, 5.41) is 36.2. The molecule has 0 aliphatic rings. The Morgan fingerprint density at radius 2 is 1.44 bits per heavy atom. The third-order valence-electron chi connectivity index (χ3n) is 2.21. The number of azo groups is 1. The Kier molecular flexibility index (Phi) is 3.34. The molecule has 2 aromatic carbocycles. The van der Waals surface area contributed by atoms with Crippen molar-refractivity contribution < 1.29 is 15.3 Å². The van der Waals surface area contributed by atoms with Gasteiger partial charge in [0.05, 0.1) is 5.69 Å². The maximum atomic E-state index is 9.52. The highest BCUT2D eigenvalue weighted by atomic mass is 35.5. The lowest BCUT2D eigenvalue weighted by Gasteiger charge is -2.02. The molecular weight excluding hydrogens is 256 g/mol. The standard InChI is InChI=1S/C12H9ClN2O3/c13-7-1-3-8(4-2-7)14-15-9-5-6-10(16)12(18)11(9)17/h1-6,16-18H. The summed E-state index contributed by atoms with van der Waals surface area (Å²) in [4.78, 5) is 0. The smallest absolute Gasteiger partial charge is 0.202 e. The summed E-state index contributed by atoms with van der Waals surface area (Å²) >= 11 is 5.72. The van der Waals surface area contributed by atoms with E-state index in [9.17, 15) is 10.2 Å². The van der Waals surface area contributed by atoms with Crippen LogP contribution in [0.15, 0.2) is 46.6 Å². The Morgan fingerprint density at radius 1 is 0.778 bits per heavy atom. The normalized spacial score (nSPS) is 10.9. The third-order valence-corrected chi connectivity index (χ3v) is 2.46. The topological polar surface area (TPSA) is 85.4 Å². The molecule has 2 aromatic rings. The van der Waals surface area contributed by atoms with E-state index < -0.39 is 17.2 Å². The molecule has 3 N–H and O–H groups in total. The molecule has 0 aromatic heterocycles. The van der Waals surface area contributed by atoms with E-state index in [4.69, 9.17) is 16.7 Å². The monoisotopic (exact) mass is 264 g/mol. The van der Waals surface area contributed by atoms with Gasteiger partial charge < -0.3 is 15.3 Å². The van der Waals surface area contributed by atoms with Gasteiger partial charge in [0.15, 0.2) is 11.5 Å². The summed E-state index contributed by atoms with van der Waals surface area (Å²) < 4.78 is 0. The summed E-state index contributed by atoms with van der Waals surface area (Å²) in [5.41, 5.74) is 0.603. The second-order valence-electron chi connectivity index (χ2n) is 3.48. The van der Waals surface area contributed by atoms with Gasteiger partial charge in [-0.25, -0.2) is 0 Å². The molecule has 0 aliphatic carbocycles. The zero-order valence-electron chi connectivity index (χ0n) is 9.08. The van der Waals surface area contributed by atoms with Crippen LogP contribution in [0.2, 0.25) is 5.02 Å². The van der Waals surface area contributed by atoms with Crippen LogP contribution >= 0.6 is 11.6 Å². The van der Waals surface area contributed by atoms with Crippen LogP contribution < -0.4 is 0 Å². The van der Waals surface area contributed by atoms with Crippen LogP contribution in [-0.4, -0.2) is 15.3 Å². The Labute approximate surface area is 108 Å². The van der Waals surface area contributed by atoms with Gasteiger partial charge in [0.2, 0.25) is 5.75 Å². The van der Waals surface area contributed by atoms with Crippen molar-refractivity contribution in [2.24, 2.45) is 10.2 Å². The van der Waals surface area contributed by atoms with Crippen LogP contribution in [0.5, 0.6) is 17.2 Å². The number of benzene rings is 2. The van der Waals surface area contributed by atoms with E-state index in [1.165, 1.54) is 12.1 Å². The first-order chi connectivity index (χ1) is 8.58. The van der Waals surface area contributed by atoms with E-state index in [0.29, 0.717) is 10.7 Å². The lowest BCUT2D eigenvalue weighted by molar-refractivity contribution is 0.368. The lowest BCUT2D eigenvalue weighted by atomic mass is 10.2. The number of halogens is 1. The first-order valence-electron chi connectivity index (χ1n) is 4.99. The Hall–Kier alpha value is -2.27. The Morgan fingerprint density at radius 3 is 2.11 bits per heavy atom. The van der Waals surface area contributed by atoms with Gasteiger partial charge in [0, 0.05) is 5.02 Å². The number of aromatic hydroxyl groups is 3. The van der Waals surface area contributed by atoms with E-state index in [1.807, 2.05) is 0 Å². The van der Waals surface area contributed by atoms with Crippen molar-refractivity contribution in [1.29, 1.82) is 0 Å². The molecule has 0 atom stereocenters. The van der Waals surface area contributed by atoms with Crippen LogP contribution in [0.1, 0.15) is 0 Å². The average Bonchev–Trinajstić information content (AvgIpc) is 2.37. The Bertz CT molecular complexity index is 597. The van der Waals surface area contributed by atoms with E-state index in [2.05, 4.69) is 10.2 Å². The summed E-state index contributed by atoms with van der Waals surface area (Å²) in [7, 11) is 0. The van der Waals surface area contributed by atoms with Gasteiger partial charge in [0.1, 0.15) is 5.69 Å². The van der Waals surface area contributed by atoms with Gasteiger partial charge >= 0.3 is 0 Å². The van der Waals surface area contributed by atoms with Crippen molar-refractivity contribution in [3.05, 3.63) is 41.4 Å². The van der Waals surface area contributed by atoms with Gasteiger partial charge in [-0.3, -0.25) is 0 Å². The highest BCUT2D eigenvalue weighted by Gasteiger charge is 2.10. The molecule has 0 saturated heterocycles. The molecule has 5 nitrogen and oxygen atoms in total. The minimum absolute atomic E-state index is 0.0558. The highest BCUT2D eigenvalue weighted by Crippen LogP contribution is 2.42. The molecule has 0 saturated carbocycles. The SMILES string of the molecule is Oc1ccc(N=Nc2ccc(Cl)cc2)c(O)c1O. The minimum Gasteiger partial charge on any atom is -0.504 e. The zero-order valence-corrected chi connectivity index (χ0v) is 9.83. The van der Waals surface area contributed by atoms with Gasteiger partial charge in [0.25, 0.3) is 0 Å². The molecule has 0 unspecified atom stereocenters. The molecule has 18 heavy (non-hydrogen) atoms. The zero-order chi connectivity index (χ0) is 13.1. The molecule has 0 aliphatic heterocycles. The quantitative estimate of drug-likeness (QED) is 0.568. The second-order valence-corrected chi connectivity index (χ2v) is 3.91. The highest BCUT2D eigenvalue weighted by molar-refractivity contribution is 6.30. The predicted octanol–water partition coefficient (Wildman–Crippen LogP) is 3.87. The van der Waals surface area contributed by atoms with Crippen LogP contribution in [0.3, 0.4) is 0 Å². The van der Waals surface area contributed by atoms with E-state index >= 15 is 0 Å². The Balaban J connectivity index is 2.29. The van der Waals surface area contributed by atoms with Crippen molar-refractivity contribution in [2.75, 3.05) is 0 Å². The molecule has 6 heteroatoms. The first kappa shape index (κ1) is 12.2. The molecule has 0 bridgehead atoms. The van der Waals surface area contributed by atoms with Crippen molar-refractivity contribution >= 4 is 23.0 Å². The molecule has 92 valence electrons. The van der Waals surface area contributed by atoms with Crippen LogP contribution in [0.4, 0.5) is 11.4 Å². The first-order valence-corrected chi connectivity index (χ1v) is 5.37. The van der Waals surface area contributed by atoms with Crippen molar-refractivity contribution in [1.82, 2.24) is 0 Å². The molecule has 0 spiro atoms. The number of hydrogen-bond acceptors (Lipinski definition) is 5. The maximum Gasteiger partial charge on any atom is 0.202 e. The van der Waals surface area contributed by atoms with E-state index in [-0.39, 0.29) is 5.69 Å². The third kappa shape index (κ3) is 2.52. The number of rotatable bonds is 2. The fourth-order valence-electron chi connectivity index (χ4n) is 1.26. The largest absolute Gasteiger partial charge is 0.504 e. The van der Waals surface area contributed by atoms with Crippen molar-refractivity contribution in [2.45, 2.75) is 0 Å². The summed E-state index contributed by atoms with van der Waals surface area (Å²) in [6.45, 7) is 0. The van der Waals surface area contributed by atoms with Crippen molar-refractivity contribution in [3.63, 3.8) is 0 Å². The second kappa shape index (κ2) is 4.93. The van der Waals surface area contributed by atoms with Crippen LogP contribution in [-0.2, 0) is 0 Å². The maximum absolute atomic E-state index is 9.52. The summed E-state index contributed by atoms with van der Waals surface area (Å²) in [5.74, 6) is -1.56. The molecule has 0 amide bonds. The number of phenols is 3.